The van der Waals surface area contributed by atoms with Crippen LogP contribution in [-0.4, -0.2) is 20.6 Å². The number of benzene rings is 2. The summed E-state index contributed by atoms with van der Waals surface area (Å²) < 4.78 is 0. The highest BCUT2D eigenvalue weighted by Gasteiger charge is 1.98. The van der Waals surface area contributed by atoms with Gasteiger partial charge >= 0.3 is 0 Å². The van der Waals surface area contributed by atoms with E-state index < -0.39 is 0 Å². The van der Waals surface area contributed by atoms with Crippen molar-refractivity contribution < 1.29 is 0 Å². The molecule has 3 aromatic rings. The zero-order valence-corrected chi connectivity index (χ0v) is 11.5. The van der Waals surface area contributed by atoms with Crippen LogP contribution in [0, 0.1) is 11.3 Å². The zero-order chi connectivity index (χ0) is 14.8. The monoisotopic (exact) mass is 277 g/mol. The molecule has 0 aliphatic rings. The molecule has 0 unspecified atom stereocenters. The second-order valence-corrected chi connectivity index (χ2v) is 4.31. The molecular formula is C16H15N5. The van der Waals surface area contributed by atoms with Crippen LogP contribution in [-0.2, 0) is 12.8 Å². The molecule has 0 bridgehead atoms. The Morgan fingerprint density at radius 1 is 0.905 bits per heavy atom. The first kappa shape index (κ1) is 14.4. The Balaban J connectivity index is 0.000000161. The number of rotatable bonds is 3. The van der Waals surface area contributed by atoms with Crippen LogP contribution in [0.25, 0.3) is 0 Å². The molecule has 1 N–H and O–H groups in total. The fourth-order valence-corrected chi connectivity index (χ4v) is 1.72. The number of aromatic nitrogens is 4. The second kappa shape index (κ2) is 8.23. The minimum Gasteiger partial charge on any atom is -0.198 e. The molecule has 0 fully saturated rings. The highest BCUT2D eigenvalue weighted by atomic mass is 15.5. The Labute approximate surface area is 123 Å². The lowest BCUT2D eigenvalue weighted by Gasteiger charge is -1.93. The average molecular weight is 277 g/mol. The molecule has 1 heterocycles. The van der Waals surface area contributed by atoms with Crippen molar-refractivity contribution in [3.8, 4) is 6.07 Å². The number of nitrogens with one attached hydrogen (secondary N) is 1. The number of nitrogens with zero attached hydrogens (tertiary/aromatic N) is 4. The molecule has 0 radical (unpaired) electrons. The van der Waals surface area contributed by atoms with Crippen molar-refractivity contribution in [3.05, 3.63) is 77.6 Å². The summed E-state index contributed by atoms with van der Waals surface area (Å²) in [7, 11) is 0. The fraction of sp³-hybridized carbons (Fsp3) is 0.125. The van der Waals surface area contributed by atoms with E-state index in [0.29, 0.717) is 6.42 Å². The Morgan fingerprint density at radius 3 is 2.05 bits per heavy atom. The molecule has 0 saturated carbocycles. The van der Waals surface area contributed by atoms with Crippen LogP contribution in [0.15, 0.2) is 60.7 Å². The van der Waals surface area contributed by atoms with E-state index in [1.807, 2.05) is 60.7 Å². The first-order valence-electron chi connectivity index (χ1n) is 6.55. The number of nitriles is 1. The quantitative estimate of drug-likeness (QED) is 0.798. The summed E-state index contributed by atoms with van der Waals surface area (Å²) in [5.74, 6) is 0.723. The lowest BCUT2D eigenvalue weighted by atomic mass is 10.1. The molecule has 3 rings (SSSR count). The maximum absolute atomic E-state index is 8.27. The van der Waals surface area contributed by atoms with Crippen molar-refractivity contribution in [1.29, 1.82) is 5.26 Å². The first-order valence-corrected chi connectivity index (χ1v) is 6.55. The molecule has 2 aromatic carbocycles. The van der Waals surface area contributed by atoms with Gasteiger partial charge in [0.05, 0.1) is 12.5 Å². The molecule has 5 nitrogen and oxygen atoms in total. The molecule has 0 aliphatic carbocycles. The van der Waals surface area contributed by atoms with Crippen molar-refractivity contribution >= 4 is 0 Å². The molecule has 21 heavy (non-hydrogen) atoms. The van der Waals surface area contributed by atoms with Crippen LogP contribution in [0.5, 0.6) is 0 Å². The highest BCUT2D eigenvalue weighted by Crippen LogP contribution is 2.02. The normalized spacial score (nSPS) is 9.29. The third kappa shape index (κ3) is 5.25. The van der Waals surface area contributed by atoms with Gasteiger partial charge < -0.3 is 0 Å². The molecule has 1 aromatic heterocycles. The molecule has 0 atom stereocenters. The summed E-state index contributed by atoms with van der Waals surface area (Å²) >= 11 is 0. The predicted octanol–water partition coefficient (Wildman–Crippen LogP) is 2.54. The van der Waals surface area contributed by atoms with Gasteiger partial charge in [0.1, 0.15) is 0 Å². The van der Waals surface area contributed by atoms with E-state index in [2.05, 4.69) is 26.7 Å². The van der Waals surface area contributed by atoms with Gasteiger partial charge in [-0.2, -0.15) is 10.5 Å². The lowest BCUT2D eigenvalue weighted by molar-refractivity contribution is 0.881. The lowest BCUT2D eigenvalue weighted by Crippen LogP contribution is -1.89. The maximum atomic E-state index is 8.27. The largest absolute Gasteiger partial charge is 0.198 e. The van der Waals surface area contributed by atoms with E-state index in [-0.39, 0.29) is 0 Å². The van der Waals surface area contributed by atoms with Crippen LogP contribution < -0.4 is 0 Å². The topological polar surface area (TPSA) is 78.2 Å². The van der Waals surface area contributed by atoms with Crippen molar-refractivity contribution in [2.75, 3.05) is 0 Å². The third-order valence-electron chi connectivity index (χ3n) is 2.72. The van der Waals surface area contributed by atoms with Crippen LogP contribution in [0.1, 0.15) is 17.0 Å². The Hall–Kier alpha value is -3.00. The van der Waals surface area contributed by atoms with E-state index in [9.17, 15) is 0 Å². The summed E-state index contributed by atoms with van der Waals surface area (Å²) in [5.41, 5.74) is 2.28. The van der Waals surface area contributed by atoms with Gasteiger partial charge in [-0.25, -0.2) is 0 Å². The van der Waals surface area contributed by atoms with Gasteiger partial charge in [-0.15, -0.1) is 10.2 Å². The van der Waals surface area contributed by atoms with E-state index in [1.54, 1.807) is 0 Å². The number of hydrogen-bond acceptors (Lipinski definition) is 4. The zero-order valence-electron chi connectivity index (χ0n) is 11.5. The van der Waals surface area contributed by atoms with Crippen LogP contribution in [0.4, 0.5) is 0 Å². The summed E-state index contributed by atoms with van der Waals surface area (Å²) in [6, 6.07) is 21.9. The van der Waals surface area contributed by atoms with Crippen LogP contribution in [0.3, 0.4) is 0 Å². The average Bonchev–Trinajstić information content (AvgIpc) is 3.03. The van der Waals surface area contributed by atoms with Gasteiger partial charge in [0.25, 0.3) is 0 Å². The molecule has 0 spiro atoms. The minimum atomic E-state index is 0.515. The molecule has 5 heteroatoms. The Bertz CT molecular complexity index is 657. The molecular weight excluding hydrogens is 262 g/mol. The maximum Gasteiger partial charge on any atom is 0.178 e. The minimum absolute atomic E-state index is 0.515. The van der Waals surface area contributed by atoms with Crippen molar-refractivity contribution in [1.82, 2.24) is 20.6 Å². The third-order valence-corrected chi connectivity index (χ3v) is 2.72. The Kier molecular flexibility index (Phi) is 5.65. The van der Waals surface area contributed by atoms with Gasteiger partial charge in [-0.05, 0) is 11.1 Å². The van der Waals surface area contributed by atoms with E-state index >= 15 is 0 Å². The standard InChI is InChI=1S/C8H8N4.C8H7N/c1-2-4-7(5-3-1)6-8-9-11-12-10-8;9-7-6-8-4-2-1-3-5-8/h1-5H,6H2,(H,9,10,11,12);1-5H,6H2. The van der Waals surface area contributed by atoms with Crippen molar-refractivity contribution in [2.45, 2.75) is 12.8 Å². The van der Waals surface area contributed by atoms with E-state index in [0.717, 1.165) is 17.8 Å². The van der Waals surface area contributed by atoms with Crippen LogP contribution >= 0.6 is 0 Å². The summed E-state index contributed by atoms with van der Waals surface area (Å²) in [6.07, 6.45) is 1.25. The number of hydrogen-bond donors (Lipinski definition) is 1. The SMILES string of the molecule is N#CCc1ccccc1.c1ccc(Cc2nn[nH]n2)cc1. The predicted molar refractivity (Wildman–Crippen MR) is 79.2 cm³/mol. The highest BCUT2D eigenvalue weighted by molar-refractivity contribution is 5.18. The molecule has 0 aliphatic heterocycles. The van der Waals surface area contributed by atoms with Crippen molar-refractivity contribution in [2.24, 2.45) is 0 Å². The number of tetrazole rings is 1. The summed E-state index contributed by atoms with van der Waals surface area (Å²) in [5, 5.41) is 21.9. The molecule has 104 valence electrons. The molecule has 0 saturated heterocycles. The van der Waals surface area contributed by atoms with E-state index in [4.69, 9.17) is 5.26 Å². The van der Waals surface area contributed by atoms with Gasteiger partial charge in [0, 0.05) is 6.42 Å². The van der Waals surface area contributed by atoms with Crippen LogP contribution in [0.2, 0.25) is 0 Å². The molecule has 0 amide bonds. The van der Waals surface area contributed by atoms with Gasteiger partial charge in [0.15, 0.2) is 5.82 Å². The van der Waals surface area contributed by atoms with E-state index in [1.165, 1.54) is 5.56 Å². The Morgan fingerprint density at radius 2 is 1.52 bits per heavy atom. The van der Waals surface area contributed by atoms with Crippen molar-refractivity contribution in [3.63, 3.8) is 0 Å². The second-order valence-electron chi connectivity index (χ2n) is 4.31. The number of H-pyrrole nitrogens is 1. The smallest absolute Gasteiger partial charge is 0.178 e. The first-order chi connectivity index (χ1) is 10.4. The van der Waals surface area contributed by atoms with Gasteiger partial charge in [-0.3, -0.25) is 0 Å². The fourth-order valence-electron chi connectivity index (χ4n) is 1.72. The number of aromatic amines is 1. The van der Waals surface area contributed by atoms with Gasteiger partial charge in [0.2, 0.25) is 0 Å². The summed E-state index contributed by atoms with van der Waals surface area (Å²) in [4.78, 5) is 0. The summed E-state index contributed by atoms with van der Waals surface area (Å²) in [6.45, 7) is 0. The van der Waals surface area contributed by atoms with Gasteiger partial charge in [-0.1, -0.05) is 65.9 Å².